The number of halogens is 1. The van der Waals surface area contributed by atoms with Gasteiger partial charge in [0.2, 0.25) is 0 Å². The molecule has 1 aromatic heterocycles. The molecule has 0 spiro atoms. The number of nitrogens with zero attached hydrogens (tertiary/aromatic N) is 2. The lowest BCUT2D eigenvalue weighted by Gasteiger charge is -2.26. The monoisotopic (exact) mass is 377 g/mol. The Bertz CT molecular complexity index is 917. The molecule has 2 aromatic rings. The molecule has 1 N–H and O–H groups in total. The molecule has 0 bridgehead atoms. The van der Waals surface area contributed by atoms with Crippen molar-refractivity contribution in [3.8, 4) is 0 Å². The van der Waals surface area contributed by atoms with Gasteiger partial charge in [0.25, 0.3) is 5.91 Å². The smallest absolute Gasteiger partial charge is 0.272 e. The molecule has 26 heavy (non-hydrogen) atoms. The van der Waals surface area contributed by atoms with Crippen LogP contribution in [0, 0.1) is 5.82 Å². The maximum absolute atomic E-state index is 13.8. The first-order valence-electron chi connectivity index (χ1n) is 8.38. The number of carbonyl (C=O) groups is 1. The van der Waals surface area contributed by atoms with Crippen LogP contribution >= 0.6 is 0 Å². The minimum Gasteiger partial charge on any atom is -0.353 e. The van der Waals surface area contributed by atoms with Gasteiger partial charge in [-0.25, -0.2) is 12.8 Å². The summed E-state index contributed by atoms with van der Waals surface area (Å²) in [6, 6.07) is 9.09. The number of benzene rings is 1. The zero-order valence-electron chi connectivity index (χ0n) is 14.4. The Morgan fingerprint density at radius 1 is 1.35 bits per heavy atom. The Kier molecular flexibility index (Phi) is 5.22. The van der Waals surface area contributed by atoms with E-state index >= 15 is 0 Å². The Morgan fingerprint density at radius 3 is 2.77 bits per heavy atom. The van der Waals surface area contributed by atoms with Crippen molar-refractivity contribution < 1.29 is 17.6 Å². The van der Waals surface area contributed by atoms with Crippen LogP contribution in [0.3, 0.4) is 0 Å². The fourth-order valence-corrected chi connectivity index (χ4v) is 4.81. The molecule has 1 atom stereocenters. The van der Waals surface area contributed by atoms with E-state index in [2.05, 4.69) is 10.3 Å². The summed E-state index contributed by atoms with van der Waals surface area (Å²) in [5, 5.41) is 2.93. The molecule has 1 unspecified atom stereocenters. The summed E-state index contributed by atoms with van der Waals surface area (Å²) >= 11 is 0. The van der Waals surface area contributed by atoms with Crippen molar-refractivity contribution >= 4 is 27.1 Å². The molecule has 1 fully saturated rings. The molecule has 0 saturated carbocycles. The van der Waals surface area contributed by atoms with Gasteiger partial charge in [-0.15, -0.1) is 0 Å². The highest BCUT2D eigenvalue weighted by Gasteiger charge is 2.34. The van der Waals surface area contributed by atoms with Crippen molar-refractivity contribution in [3.05, 3.63) is 54.1 Å². The summed E-state index contributed by atoms with van der Waals surface area (Å²) in [6.45, 7) is 2.20. The van der Waals surface area contributed by atoms with Gasteiger partial charge < -0.3 is 10.2 Å². The van der Waals surface area contributed by atoms with E-state index in [0.717, 1.165) is 0 Å². The third-order valence-corrected chi connectivity index (χ3v) is 6.13. The maximum atomic E-state index is 13.8. The van der Waals surface area contributed by atoms with E-state index in [0.29, 0.717) is 24.3 Å². The van der Waals surface area contributed by atoms with Crippen LogP contribution in [-0.4, -0.2) is 48.3 Å². The highest BCUT2D eigenvalue weighted by atomic mass is 32.2. The second-order valence-electron chi connectivity index (χ2n) is 6.18. The van der Waals surface area contributed by atoms with Crippen molar-refractivity contribution in [3.63, 3.8) is 0 Å². The number of sulfone groups is 1. The second kappa shape index (κ2) is 7.41. The number of carbonyl (C=O) groups excluding carboxylic acids is 1. The molecule has 138 valence electrons. The average Bonchev–Trinajstić information content (AvgIpc) is 2.97. The minimum absolute atomic E-state index is 0.0141. The molecule has 3 rings (SSSR count). The summed E-state index contributed by atoms with van der Waals surface area (Å²) in [4.78, 5) is 18.5. The third kappa shape index (κ3) is 4.01. The number of pyridine rings is 1. The molecular weight excluding hydrogens is 357 g/mol. The van der Waals surface area contributed by atoms with Gasteiger partial charge in [-0.05, 0) is 37.6 Å². The molecule has 1 aliphatic heterocycles. The number of amides is 1. The van der Waals surface area contributed by atoms with E-state index in [-0.39, 0.29) is 29.1 Å². The Labute approximate surface area is 152 Å². The fraction of sp³-hybridized carbons (Fsp3) is 0.333. The number of anilines is 2. The zero-order chi connectivity index (χ0) is 18.7. The summed E-state index contributed by atoms with van der Waals surface area (Å²) in [5.74, 6) is -0.640. The van der Waals surface area contributed by atoms with Crippen LogP contribution in [0.15, 0.2) is 42.6 Å². The third-order valence-electron chi connectivity index (χ3n) is 4.38. The SMILES string of the molecule is CCN(C(=O)c1cc(Nc2ccccc2F)ccn1)C1CCS(=O)(=O)C1. The molecule has 6 nitrogen and oxygen atoms in total. The molecule has 1 aromatic carbocycles. The van der Waals surface area contributed by atoms with Gasteiger partial charge in [0.1, 0.15) is 11.5 Å². The van der Waals surface area contributed by atoms with Gasteiger partial charge in [-0.3, -0.25) is 9.78 Å². The van der Waals surface area contributed by atoms with Crippen LogP contribution in [0.1, 0.15) is 23.8 Å². The average molecular weight is 377 g/mol. The van der Waals surface area contributed by atoms with Gasteiger partial charge >= 0.3 is 0 Å². The summed E-state index contributed by atoms with van der Waals surface area (Å²) in [5.41, 5.74) is 1.02. The van der Waals surface area contributed by atoms with Crippen molar-refractivity contribution in [2.75, 3.05) is 23.4 Å². The van der Waals surface area contributed by atoms with Crippen molar-refractivity contribution in [1.82, 2.24) is 9.88 Å². The number of para-hydroxylation sites is 1. The van der Waals surface area contributed by atoms with Gasteiger partial charge in [0, 0.05) is 24.5 Å². The van der Waals surface area contributed by atoms with E-state index in [1.54, 1.807) is 35.2 Å². The standard InChI is InChI=1S/C18H20FN3O3S/c1-2-22(14-8-10-26(24,25)12-14)18(23)17-11-13(7-9-20-17)21-16-6-4-3-5-15(16)19/h3-7,9,11,14H,2,8,10,12H2,1H3,(H,20,21). The maximum Gasteiger partial charge on any atom is 0.272 e. The summed E-state index contributed by atoms with van der Waals surface area (Å²) in [7, 11) is -3.09. The first-order valence-corrected chi connectivity index (χ1v) is 10.2. The Morgan fingerprint density at radius 2 is 2.12 bits per heavy atom. The molecule has 8 heteroatoms. The van der Waals surface area contributed by atoms with E-state index in [1.807, 2.05) is 6.92 Å². The van der Waals surface area contributed by atoms with E-state index in [9.17, 15) is 17.6 Å². The number of nitrogens with one attached hydrogen (secondary N) is 1. The first kappa shape index (κ1) is 18.3. The topological polar surface area (TPSA) is 79.4 Å². The second-order valence-corrected chi connectivity index (χ2v) is 8.41. The van der Waals surface area contributed by atoms with Crippen LogP contribution < -0.4 is 5.32 Å². The molecule has 1 amide bonds. The Balaban J connectivity index is 1.80. The number of hydrogen-bond acceptors (Lipinski definition) is 5. The van der Waals surface area contributed by atoms with Crippen LogP contribution in [0.5, 0.6) is 0 Å². The predicted molar refractivity (Wildman–Crippen MR) is 97.7 cm³/mol. The zero-order valence-corrected chi connectivity index (χ0v) is 15.2. The molecule has 0 aliphatic carbocycles. The summed E-state index contributed by atoms with van der Waals surface area (Å²) in [6.07, 6.45) is 1.91. The van der Waals surface area contributed by atoms with Gasteiger partial charge in [-0.1, -0.05) is 12.1 Å². The number of hydrogen-bond donors (Lipinski definition) is 1. The van der Waals surface area contributed by atoms with E-state index in [4.69, 9.17) is 0 Å². The van der Waals surface area contributed by atoms with Crippen LogP contribution in [0.25, 0.3) is 0 Å². The van der Waals surface area contributed by atoms with E-state index in [1.165, 1.54) is 12.3 Å². The quantitative estimate of drug-likeness (QED) is 0.866. The minimum atomic E-state index is -3.09. The molecule has 1 aliphatic rings. The molecular formula is C18H20FN3O3S. The van der Waals surface area contributed by atoms with Crippen LogP contribution in [0.4, 0.5) is 15.8 Å². The van der Waals surface area contributed by atoms with Crippen LogP contribution in [0.2, 0.25) is 0 Å². The largest absolute Gasteiger partial charge is 0.353 e. The Hall–Kier alpha value is -2.48. The van der Waals surface area contributed by atoms with E-state index < -0.39 is 15.7 Å². The lowest BCUT2D eigenvalue weighted by molar-refractivity contribution is 0.0702. The molecule has 1 saturated heterocycles. The molecule has 0 radical (unpaired) electrons. The fourth-order valence-electron chi connectivity index (χ4n) is 3.08. The van der Waals surface area contributed by atoms with Crippen molar-refractivity contribution in [2.24, 2.45) is 0 Å². The highest BCUT2D eigenvalue weighted by molar-refractivity contribution is 7.91. The van der Waals surface area contributed by atoms with Gasteiger partial charge in [0.05, 0.1) is 17.2 Å². The van der Waals surface area contributed by atoms with Crippen molar-refractivity contribution in [2.45, 2.75) is 19.4 Å². The van der Waals surface area contributed by atoms with Crippen LogP contribution in [-0.2, 0) is 9.84 Å². The number of aromatic nitrogens is 1. The predicted octanol–water partition coefficient (Wildman–Crippen LogP) is 2.61. The highest BCUT2D eigenvalue weighted by Crippen LogP contribution is 2.22. The normalized spacial score (nSPS) is 18.5. The summed E-state index contributed by atoms with van der Waals surface area (Å²) < 4.78 is 37.2. The number of rotatable bonds is 5. The first-order chi connectivity index (χ1) is 12.4. The van der Waals surface area contributed by atoms with Gasteiger partial charge in [0.15, 0.2) is 9.84 Å². The lowest BCUT2D eigenvalue weighted by atomic mass is 10.2. The lowest BCUT2D eigenvalue weighted by Crippen LogP contribution is -2.41. The van der Waals surface area contributed by atoms with Gasteiger partial charge in [-0.2, -0.15) is 0 Å². The molecule has 2 heterocycles. The van der Waals surface area contributed by atoms with Crippen molar-refractivity contribution in [1.29, 1.82) is 0 Å².